The second-order valence-electron chi connectivity index (χ2n) is 5.89. The number of aromatic nitrogens is 2. The molecule has 0 atom stereocenters. The normalized spacial score (nSPS) is 11.0. The number of halogens is 2. The van der Waals surface area contributed by atoms with Crippen LogP contribution in [0.3, 0.4) is 0 Å². The fourth-order valence-corrected chi connectivity index (χ4v) is 2.65. The van der Waals surface area contributed by atoms with E-state index >= 15 is 0 Å². The van der Waals surface area contributed by atoms with Crippen molar-refractivity contribution >= 4 is 29.9 Å². The molecule has 27 heavy (non-hydrogen) atoms. The third-order valence-corrected chi connectivity index (χ3v) is 3.98. The van der Waals surface area contributed by atoms with E-state index in [1.165, 1.54) is 11.6 Å². The van der Waals surface area contributed by atoms with Gasteiger partial charge in [0.25, 0.3) is 0 Å². The van der Waals surface area contributed by atoms with Crippen molar-refractivity contribution in [3.8, 4) is 0 Å². The van der Waals surface area contributed by atoms with Gasteiger partial charge in [0.2, 0.25) is 0 Å². The molecule has 0 saturated heterocycles. The van der Waals surface area contributed by atoms with E-state index in [-0.39, 0.29) is 29.8 Å². The first-order valence-electron chi connectivity index (χ1n) is 8.48. The SMILES string of the molecule is CN=C(NCc1cccc(Cn2cccn2)c1)NCc1ccccc1F.I. The Morgan fingerprint density at radius 3 is 2.56 bits per heavy atom. The van der Waals surface area contributed by atoms with Crippen molar-refractivity contribution in [3.05, 3.63) is 89.5 Å². The Kier molecular flexibility index (Phi) is 8.25. The molecule has 0 amide bonds. The number of rotatable bonds is 6. The fraction of sp³-hybridized carbons (Fsp3) is 0.200. The van der Waals surface area contributed by atoms with Crippen molar-refractivity contribution in [1.82, 2.24) is 20.4 Å². The molecule has 3 aromatic rings. The van der Waals surface area contributed by atoms with Crippen LogP contribution in [0.2, 0.25) is 0 Å². The highest BCUT2D eigenvalue weighted by Gasteiger charge is 2.03. The van der Waals surface area contributed by atoms with Gasteiger partial charge in [-0.05, 0) is 23.3 Å². The van der Waals surface area contributed by atoms with E-state index in [1.807, 2.05) is 29.1 Å². The van der Waals surface area contributed by atoms with E-state index in [9.17, 15) is 4.39 Å². The van der Waals surface area contributed by atoms with Crippen molar-refractivity contribution in [2.45, 2.75) is 19.6 Å². The van der Waals surface area contributed by atoms with E-state index in [0.29, 0.717) is 24.6 Å². The molecule has 0 radical (unpaired) electrons. The standard InChI is InChI=1S/C20H22FN5.HI/c1-22-20(24-14-18-8-2-3-9-19(18)21)23-13-16-6-4-7-17(12-16)15-26-11-5-10-25-26;/h2-12H,13-15H2,1H3,(H2,22,23,24);1H. The maximum Gasteiger partial charge on any atom is 0.191 e. The first-order valence-corrected chi connectivity index (χ1v) is 8.48. The molecule has 0 bridgehead atoms. The number of nitrogens with zero attached hydrogens (tertiary/aromatic N) is 3. The van der Waals surface area contributed by atoms with E-state index in [1.54, 1.807) is 25.4 Å². The molecule has 142 valence electrons. The minimum atomic E-state index is -0.221. The van der Waals surface area contributed by atoms with Gasteiger partial charge in [-0.1, -0.05) is 42.5 Å². The summed E-state index contributed by atoms with van der Waals surface area (Å²) in [5, 5.41) is 10.6. The molecule has 1 aromatic heterocycles. The highest BCUT2D eigenvalue weighted by molar-refractivity contribution is 14.0. The smallest absolute Gasteiger partial charge is 0.191 e. The third-order valence-electron chi connectivity index (χ3n) is 3.98. The van der Waals surface area contributed by atoms with Gasteiger partial charge in [0, 0.05) is 38.1 Å². The number of nitrogens with one attached hydrogen (secondary N) is 2. The minimum absolute atomic E-state index is 0. The Morgan fingerprint density at radius 2 is 1.81 bits per heavy atom. The summed E-state index contributed by atoms with van der Waals surface area (Å²) in [7, 11) is 1.70. The lowest BCUT2D eigenvalue weighted by Gasteiger charge is -2.13. The molecule has 0 aliphatic carbocycles. The topological polar surface area (TPSA) is 54.2 Å². The lowest BCUT2D eigenvalue weighted by atomic mass is 10.1. The summed E-state index contributed by atoms with van der Waals surface area (Å²) in [5.74, 6) is 0.410. The van der Waals surface area contributed by atoms with Crippen LogP contribution in [0.15, 0.2) is 72.0 Å². The lowest BCUT2D eigenvalue weighted by molar-refractivity contribution is 0.604. The van der Waals surface area contributed by atoms with Crippen LogP contribution >= 0.6 is 24.0 Å². The van der Waals surface area contributed by atoms with Crippen molar-refractivity contribution in [3.63, 3.8) is 0 Å². The first kappa shape index (κ1) is 20.9. The maximum atomic E-state index is 13.7. The summed E-state index contributed by atoms with van der Waals surface area (Å²) in [6.45, 7) is 1.75. The predicted octanol–water partition coefficient (Wildman–Crippen LogP) is 3.55. The van der Waals surface area contributed by atoms with Crippen molar-refractivity contribution in [2.75, 3.05) is 7.05 Å². The van der Waals surface area contributed by atoms with Gasteiger partial charge in [0.05, 0.1) is 6.54 Å². The van der Waals surface area contributed by atoms with Crippen molar-refractivity contribution in [2.24, 2.45) is 4.99 Å². The van der Waals surface area contributed by atoms with Gasteiger partial charge in [-0.15, -0.1) is 24.0 Å². The molecule has 0 aliphatic rings. The van der Waals surface area contributed by atoms with Gasteiger partial charge in [0.1, 0.15) is 5.82 Å². The summed E-state index contributed by atoms with van der Waals surface area (Å²) in [5.41, 5.74) is 2.93. The van der Waals surface area contributed by atoms with Gasteiger partial charge in [-0.25, -0.2) is 4.39 Å². The molecule has 0 aliphatic heterocycles. The Morgan fingerprint density at radius 1 is 1.04 bits per heavy atom. The summed E-state index contributed by atoms with van der Waals surface area (Å²) in [6, 6.07) is 16.9. The molecule has 1 heterocycles. The fourth-order valence-electron chi connectivity index (χ4n) is 2.65. The van der Waals surface area contributed by atoms with E-state index in [2.05, 4.69) is 38.9 Å². The molecule has 0 fully saturated rings. The maximum absolute atomic E-state index is 13.7. The summed E-state index contributed by atoms with van der Waals surface area (Å²) in [4.78, 5) is 4.19. The Bertz CT molecular complexity index is 864. The number of aliphatic imine (C=N–C) groups is 1. The molecule has 2 N–H and O–H groups in total. The number of hydrogen-bond donors (Lipinski definition) is 2. The highest BCUT2D eigenvalue weighted by Crippen LogP contribution is 2.07. The van der Waals surface area contributed by atoms with Gasteiger partial charge in [-0.2, -0.15) is 5.10 Å². The van der Waals surface area contributed by atoms with E-state index in [4.69, 9.17) is 0 Å². The highest BCUT2D eigenvalue weighted by atomic mass is 127. The Labute approximate surface area is 175 Å². The molecule has 0 spiro atoms. The second-order valence-corrected chi connectivity index (χ2v) is 5.89. The van der Waals surface area contributed by atoms with Crippen LogP contribution in [-0.2, 0) is 19.6 Å². The molecule has 5 nitrogen and oxygen atoms in total. The zero-order chi connectivity index (χ0) is 18.2. The number of guanidine groups is 1. The Balaban J connectivity index is 0.00000261. The van der Waals surface area contributed by atoms with Crippen LogP contribution in [0.25, 0.3) is 0 Å². The monoisotopic (exact) mass is 479 g/mol. The first-order chi connectivity index (χ1) is 12.7. The second kappa shape index (κ2) is 10.7. The predicted molar refractivity (Wildman–Crippen MR) is 117 cm³/mol. The van der Waals surface area contributed by atoms with Crippen LogP contribution in [0.5, 0.6) is 0 Å². The molecular weight excluding hydrogens is 456 g/mol. The summed E-state index contributed by atoms with van der Waals surface area (Å²) >= 11 is 0. The molecule has 7 heteroatoms. The summed E-state index contributed by atoms with van der Waals surface area (Å²) in [6.07, 6.45) is 3.72. The van der Waals surface area contributed by atoms with Gasteiger partial charge in [-0.3, -0.25) is 9.67 Å². The van der Waals surface area contributed by atoms with Crippen LogP contribution in [0, 0.1) is 5.82 Å². The van der Waals surface area contributed by atoms with Gasteiger partial charge < -0.3 is 10.6 Å². The lowest BCUT2D eigenvalue weighted by Crippen LogP contribution is -2.36. The van der Waals surface area contributed by atoms with E-state index < -0.39 is 0 Å². The van der Waals surface area contributed by atoms with Crippen molar-refractivity contribution < 1.29 is 4.39 Å². The minimum Gasteiger partial charge on any atom is -0.352 e. The average molecular weight is 479 g/mol. The van der Waals surface area contributed by atoms with Crippen LogP contribution in [-0.4, -0.2) is 22.8 Å². The molecule has 0 saturated carbocycles. The third kappa shape index (κ3) is 6.35. The zero-order valence-corrected chi connectivity index (χ0v) is 17.4. The summed E-state index contributed by atoms with van der Waals surface area (Å²) < 4.78 is 15.6. The van der Waals surface area contributed by atoms with Crippen LogP contribution in [0.4, 0.5) is 4.39 Å². The van der Waals surface area contributed by atoms with E-state index in [0.717, 1.165) is 12.1 Å². The number of hydrogen-bond acceptors (Lipinski definition) is 2. The molecular formula is C20H23FIN5. The number of benzene rings is 2. The molecule has 0 unspecified atom stereocenters. The molecule has 2 aromatic carbocycles. The van der Waals surface area contributed by atoms with Crippen LogP contribution < -0.4 is 10.6 Å². The van der Waals surface area contributed by atoms with Crippen molar-refractivity contribution in [1.29, 1.82) is 0 Å². The van der Waals surface area contributed by atoms with Crippen LogP contribution in [0.1, 0.15) is 16.7 Å². The average Bonchev–Trinajstić information content (AvgIpc) is 3.16. The van der Waals surface area contributed by atoms with Gasteiger partial charge >= 0.3 is 0 Å². The largest absolute Gasteiger partial charge is 0.352 e. The zero-order valence-electron chi connectivity index (χ0n) is 15.1. The quantitative estimate of drug-likeness (QED) is 0.323. The Hall–Kier alpha value is -2.42. The van der Waals surface area contributed by atoms with Gasteiger partial charge in [0.15, 0.2) is 5.96 Å². The molecule has 3 rings (SSSR count).